The molecule has 1 rings (SSSR count). The van der Waals surface area contributed by atoms with Crippen LogP contribution in [0, 0.1) is 0 Å². The Morgan fingerprint density at radius 1 is 1.10 bits per heavy atom. The van der Waals surface area contributed by atoms with Crippen molar-refractivity contribution in [1.29, 1.82) is 0 Å². The Balaban J connectivity index is 2.65. The van der Waals surface area contributed by atoms with Gasteiger partial charge in [-0.3, -0.25) is 14.4 Å². The number of aliphatic hydroxyl groups excluding tert-OH is 1. The summed E-state index contributed by atoms with van der Waals surface area (Å²) in [4.78, 5) is 48.1. The lowest BCUT2D eigenvalue weighted by atomic mass is 10.1. The second kappa shape index (κ2) is 11.9. The van der Waals surface area contributed by atoms with Gasteiger partial charge in [0.25, 0.3) is 5.91 Å². The number of amides is 4. The lowest BCUT2D eigenvalue weighted by Crippen LogP contribution is -2.53. The van der Waals surface area contributed by atoms with E-state index < -0.39 is 54.1 Å². The number of hydrogen-bond acceptors (Lipinski definition) is 6. The zero-order chi connectivity index (χ0) is 23.6. The molecule has 1 aromatic rings. The molecular weight excluding hydrogens is 404 g/mol. The van der Waals surface area contributed by atoms with E-state index in [-0.39, 0.29) is 0 Å². The first-order chi connectivity index (χ1) is 14.4. The van der Waals surface area contributed by atoms with Crippen LogP contribution < -0.4 is 21.7 Å². The smallest absolute Gasteiger partial charge is 0.407 e. The Morgan fingerprint density at radius 3 is 2.23 bits per heavy atom. The molecule has 1 aromatic carbocycles. The van der Waals surface area contributed by atoms with E-state index in [0.29, 0.717) is 18.4 Å². The van der Waals surface area contributed by atoms with Gasteiger partial charge in [0.1, 0.15) is 11.6 Å². The van der Waals surface area contributed by atoms with Crippen molar-refractivity contribution < 1.29 is 29.0 Å². The summed E-state index contributed by atoms with van der Waals surface area (Å²) >= 11 is 0. The summed E-state index contributed by atoms with van der Waals surface area (Å²) in [5, 5.41) is 17.5. The molecule has 3 atom stereocenters. The molecule has 10 heteroatoms. The van der Waals surface area contributed by atoms with Crippen molar-refractivity contribution in [3.63, 3.8) is 0 Å². The van der Waals surface area contributed by atoms with Crippen molar-refractivity contribution in [2.45, 2.75) is 64.3 Å². The fourth-order valence-corrected chi connectivity index (χ4v) is 2.71. The average Bonchev–Trinajstić information content (AvgIpc) is 2.68. The maximum Gasteiger partial charge on any atom is 0.407 e. The molecule has 0 aliphatic carbocycles. The van der Waals surface area contributed by atoms with Gasteiger partial charge >= 0.3 is 6.09 Å². The molecule has 31 heavy (non-hydrogen) atoms. The summed E-state index contributed by atoms with van der Waals surface area (Å²) in [5.74, 6) is -2.27. The summed E-state index contributed by atoms with van der Waals surface area (Å²) in [5.41, 5.74) is 5.12. The lowest BCUT2D eigenvalue weighted by molar-refractivity contribution is -0.133. The van der Waals surface area contributed by atoms with Crippen LogP contribution in [-0.4, -0.2) is 53.2 Å². The third-order valence-corrected chi connectivity index (χ3v) is 4.10. The van der Waals surface area contributed by atoms with E-state index in [1.165, 1.54) is 0 Å². The number of carbonyl (C=O) groups is 4. The van der Waals surface area contributed by atoms with Crippen LogP contribution >= 0.6 is 0 Å². The van der Waals surface area contributed by atoms with Crippen LogP contribution in [0.25, 0.3) is 0 Å². The molecule has 0 saturated carbocycles. The second-order valence-corrected chi connectivity index (χ2v) is 8.02. The first kappa shape index (κ1) is 25.9. The molecule has 172 valence electrons. The maximum absolute atomic E-state index is 12.3. The number of benzene rings is 1. The summed E-state index contributed by atoms with van der Waals surface area (Å²) < 4.78 is 5.15. The number of ether oxygens (including phenoxy) is 1. The molecule has 0 aromatic heterocycles. The van der Waals surface area contributed by atoms with E-state index in [1.807, 2.05) is 6.92 Å². The van der Waals surface area contributed by atoms with Crippen molar-refractivity contribution in [3.05, 3.63) is 35.9 Å². The molecule has 0 fully saturated rings. The summed E-state index contributed by atoms with van der Waals surface area (Å²) in [6.45, 7) is 6.42. The van der Waals surface area contributed by atoms with Crippen LogP contribution in [0.4, 0.5) is 4.79 Å². The minimum atomic E-state index is -1.60. The number of primary amides is 1. The quantitative estimate of drug-likeness (QED) is 0.359. The SMILES string of the molecule is CCCC(NC(=O)OC(C)(C)C)C(O)C(=O)NCC(=O)NC(C(N)=O)c1ccccc1. The molecule has 3 unspecified atom stereocenters. The number of nitrogens with two attached hydrogens (primary N) is 1. The number of carbonyl (C=O) groups excluding carboxylic acids is 4. The number of aliphatic hydroxyl groups is 1. The Morgan fingerprint density at radius 2 is 1.71 bits per heavy atom. The van der Waals surface area contributed by atoms with Gasteiger partial charge < -0.3 is 31.5 Å². The monoisotopic (exact) mass is 436 g/mol. The molecule has 0 saturated heterocycles. The normalized spacial score (nSPS) is 14.0. The predicted octanol–water partition coefficient (Wildman–Crippen LogP) is 0.500. The number of rotatable bonds is 10. The molecule has 4 amide bonds. The summed E-state index contributed by atoms with van der Waals surface area (Å²) in [6, 6.07) is 6.46. The van der Waals surface area contributed by atoms with Gasteiger partial charge in [-0.15, -0.1) is 0 Å². The van der Waals surface area contributed by atoms with Gasteiger partial charge in [-0.25, -0.2) is 4.79 Å². The fraction of sp³-hybridized carbons (Fsp3) is 0.524. The van der Waals surface area contributed by atoms with Gasteiger partial charge in [0.05, 0.1) is 12.6 Å². The van der Waals surface area contributed by atoms with Crippen LogP contribution in [-0.2, 0) is 19.1 Å². The van der Waals surface area contributed by atoms with Crippen molar-refractivity contribution in [2.24, 2.45) is 5.73 Å². The number of hydrogen-bond donors (Lipinski definition) is 5. The third kappa shape index (κ3) is 9.47. The standard InChI is InChI=1S/C21H32N4O6/c1-5-9-14(24-20(30)31-21(2,3)4)17(27)19(29)23-12-15(26)25-16(18(22)28)13-10-7-6-8-11-13/h6-8,10-11,14,16-17,27H,5,9,12H2,1-4H3,(H2,22,28)(H,23,29)(H,24,30)(H,25,26). The Bertz CT molecular complexity index is 763. The number of nitrogens with one attached hydrogen (secondary N) is 3. The van der Waals surface area contributed by atoms with E-state index in [4.69, 9.17) is 10.5 Å². The highest BCUT2D eigenvalue weighted by molar-refractivity contribution is 5.91. The maximum atomic E-state index is 12.3. The van der Waals surface area contributed by atoms with Gasteiger partial charge in [0.2, 0.25) is 11.8 Å². The van der Waals surface area contributed by atoms with E-state index in [0.717, 1.165) is 0 Å². The molecule has 0 radical (unpaired) electrons. The third-order valence-electron chi connectivity index (χ3n) is 4.10. The largest absolute Gasteiger partial charge is 0.444 e. The second-order valence-electron chi connectivity index (χ2n) is 8.02. The van der Waals surface area contributed by atoms with Gasteiger partial charge in [-0.1, -0.05) is 43.7 Å². The first-order valence-electron chi connectivity index (χ1n) is 10.0. The average molecular weight is 437 g/mol. The Kier molecular flexibility index (Phi) is 9.94. The lowest BCUT2D eigenvalue weighted by Gasteiger charge is -2.26. The fourth-order valence-electron chi connectivity index (χ4n) is 2.71. The van der Waals surface area contributed by atoms with Crippen molar-refractivity contribution in [1.82, 2.24) is 16.0 Å². The molecule has 0 spiro atoms. The zero-order valence-corrected chi connectivity index (χ0v) is 18.3. The van der Waals surface area contributed by atoms with Crippen molar-refractivity contribution >= 4 is 23.8 Å². The van der Waals surface area contributed by atoms with Gasteiger partial charge in [-0.2, -0.15) is 0 Å². The van der Waals surface area contributed by atoms with E-state index in [9.17, 15) is 24.3 Å². The van der Waals surface area contributed by atoms with Gasteiger partial charge in [0.15, 0.2) is 6.10 Å². The van der Waals surface area contributed by atoms with Gasteiger partial charge in [0, 0.05) is 0 Å². The molecule has 0 bridgehead atoms. The molecule has 10 nitrogen and oxygen atoms in total. The molecule has 0 aliphatic rings. The minimum Gasteiger partial charge on any atom is -0.444 e. The van der Waals surface area contributed by atoms with Crippen LogP contribution in [0.1, 0.15) is 52.1 Å². The van der Waals surface area contributed by atoms with E-state index >= 15 is 0 Å². The van der Waals surface area contributed by atoms with Crippen molar-refractivity contribution in [3.8, 4) is 0 Å². The predicted molar refractivity (Wildman–Crippen MR) is 114 cm³/mol. The van der Waals surface area contributed by atoms with Crippen LogP contribution in [0.5, 0.6) is 0 Å². The molecule has 0 heterocycles. The molecule has 6 N–H and O–H groups in total. The summed E-state index contributed by atoms with van der Waals surface area (Å²) in [6.07, 6.45) is -1.45. The first-order valence-corrected chi connectivity index (χ1v) is 10.0. The zero-order valence-electron chi connectivity index (χ0n) is 18.3. The highest BCUT2D eigenvalue weighted by Crippen LogP contribution is 2.12. The molecule has 0 aliphatic heterocycles. The van der Waals surface area contributed by atoms with Crippen LogP contribution in [0.15, 0.2) is 30.3 Å². The number of alkyl carbamates (subject to hydrolysis) is 1. The van der Waals surface area contributed by atoms with Crippen LogP contribution in [0.3, 0.4) is 0 Å². The van der Waals surface area contributed by atoms with Gasteiger partial charge in [-0.05, 0) is 32.8 Å². The molecular formula is C21H32N4O6. The van der Waals surface area contributed by atoms with Crippen molar-refractivity contribution in [2.75, 3.05) is 6.54 Å². The summed E-state index contributed by atoms with van der Waals surface area (Å²) in [7, 11) is 0. The minimum absolute atomic E-state index is 0.317. The Labute approximate surface area is 181 Å². The van der Waals surface area contributed by atoms with E-state index in [2.05, 4.69) is 16.0 Å². The van der Waals surface area contributed by atoms with E-state index in [1.54, 1.807) is 51.1 Å². The Hall–Kier alpha value is -3.14. The highest BCUT2D eigenvalue weighted by Gasteiger charge is 2.29. The topological polar surface area (TPSA) is 160 Å². The van der Waals surface area contributed by atoms with Crippen LogP contribution in [0.2, 0.25) is 0 Å². The highest BCUT2D eigenvalue weighted by atomic mass is 16.6.